The zero-order valence-electron chi connectivity index (χ0n) is 11.7. The van der Waals surface area contributed by atoms with Gasteiger partial charge in [0.1, 0.15) is 0 Å². The van der Waals surface area contributed by atoms with E-state index in [4.69, 9.17) is 4.74 Å². The Hall–Kier alpha value is -0.120. The zero-order valence-corrected chi connectivity index (χ0v) is 11.7. The van der Waals surface area contributed by atoms with E-state index >= 15 is 0 Å². The molecule has 0 aromatic rings. The summed E-state index contributed by atoms with van der Waals surface area (Å²) in [6.45, 7) is 11.3. The van der Waals surface area contributed by atoms with Crippen molar-refractivity contribution in [2.45, 2.75) is 65.2 Å². The first-order valence-corrected chi connectivity index (χ1v) is 6.23. The molecule has 0 aliphatic heterocycles. The van der Waals surface area contributed by atoms with Crippen LogP contribution in [0.5, 0.6) is 0 Å². The molecule has 0 spiro atoms. The minimum absolute atomic E-state index is 0.0695. The van der Waals surface area contributed by atoms with E-state index in [9.17, 15) is 5.11 Å². The highest BCUT2D eigenvalue weighted by Crippen LogP contribution is 2.15. The second-order valence-electron chi connectivity index (χ2n) is 5.67. The van der Waals surface area contributed by atoms with Crippen LogP contribution in [0.25, 0.3) is 0 Å². The first-order chi connectivity index (χ1) is 7.26. The van der Waals surface area contributed by atoms with Gasteiger partial charge in [0.15, 0.2) is 0 Å². The van der Waals surface area contributed by atoms with Crippen molar-refractivity contribution in [2.24, 2.45) is 5.92 Å². The van der Waals surface area contributed by atoms with E-state index in [1.165, 1.54) is 0 Å². The summed E-state index contributed by atoms with van der Waals surface area (Å²) in [6.07, 6.45) is 1.64. The van der Waals surface area contributed by atoms with Crippen molar-refractivity contribution in [3.63, 3.8) is 0 Å². The van der Waals surface area contributed by atoms with E-state index in [0.717, 1.165) is 19.4 Å². The molecule has 0 amide bonds. The second kappa shape index (κ2) is 7.25. The van der Waals surface area contributed by atoms with Crippen molar-refractivity contribution in [3.05, 3.63) is 0 Å². The van der Waals surface area contributed by atoms with Crippen molar-refractivity contribution in [1.29, 1.82) is 0 Å². The predicted octanol–water partition coefficient (Wildman–Crippen LogP) is 2.19. The molecule has 0 heterocycles. The smallest absolute Gasteiger partial charge is 0.0637 e. The summed E-state index contributed by atoms with van der Waals surface area (Å²) in [6, 6.07) is 0.436. The molecule has 3 atom stereocenters. The maximum atomic E-state index is 9.26. The number of aliphatic hydroxyl groups excluding tert-OH is 1. The summed E-state index contributed by atoms with van der Waals surface area (Å²) in [7, 11) is 1.75. The molecule has 0 aromatic heterocycles. The van der Waals surface area contributed by atoms with Crippen LogP contribution in [0.4, 0.5) is 0 Å². The standard InChI is InChI=1S/C13H29NO2/c1-10(7-12(3)15)9-14-11(2)8-13(4,5)16-6/h10-12,14-15H,7-9H2,1-6H3. The molecule has 0 fully saturated rings. The molecule has 2 N–H and O–H groups in total. The SMILES string of the molecule is COC(C)(C)CC(C)NCC(C)CC(C)O. The zero-order chi connectivity index (χ0) is 12.8. The highest BCUT2D eigenvalue weighted by atomic mass is 16.5. The van der Waals surface area contributed by atoms with E-state index in [-0.39, 0.29) is 11.7 Å². The number of aliphatic hydroxyl groups is 1. The Bertz CT molecular complexity index is 181. The van der Waals surface area contributed by atoms with Gasteiger partial charge < -0.3 is 15.2 Å². The van der Waals surface area contributed by atoms with E-state index in [1.807, 2.05) is 6.92 Å². The van der Waals surface area contributed by atoms with Gasteiger partial charge in [-0.05, 0) is 53.0 Å². The second-order valence-corrected chi connectivity index (χ2v) is 5.67. The first-order valence-electron chi connectivity index (χ1n) is 6.23. The number of methoxy groups -OCH3 is 1. The molecule has 0 aromatic carbocycles. The van der Waals surface area contributed by atoms with E-state index in [1.54, 1.807) is 7.11 Å². The Morgan fingerprint density at radius 3 is 2.25 bits per heavy atom. The molecule has 0 saturated carbocycles. The van der Waals surface area contributed by atoms with Crippen LogP contribution in [0.1, 0.15) is 47.5 Å². The van der Waals surface area contributed by atoms with Crippen LogP contribution in [-0.4, -0.2) is 36.5 Å². The monoisotopic (exact) mass is 231 g/mol. The predicted molar refractivity (Wildman–Crippen MR) is 68.6 cm³/mol. The maximum absolute atomic E-state index is 9.26. The van der Waals surface area contributed by atoms with Crippen LogP contribution in [0.15, 0.2) is 0 Å². The van der Waals surface area contributed by atoms with Gasteiger partial charge in [-0.25, -0.2) is 0 Å². The van der Waals surface area contributed by atoms with Gasteiger partial charge in [-0.1, -0.05) is 6.92 Å². The Balaban J connectivity index is 3.76. The molecular weight excluding hydrogens is 202 g/mol. The summed E-state index contributed by atoms with van der Waals surface area (Å²) in [5.41, 5.74) is -0.0695. The van der Waals surface area contributed by atoms with Crippen molar-refractivity contribution in [1.82, 2.24) is 5.32 Å². The highest BCUT2D eigenvalue weighted by Gasteiger charge is 2.20. The average molecular weight is 231 g/mol. The fraction of sp³-hybridized carbons (Fsp3) is 1.00. The van der Waals surface area contributed by atoms with E-state index in [0.29, 0.717) is 12.0 Å². The van der Waals surface area contributed by atoms with Gasteiger partial charge in [0.2, 0.25) is 0 Å². The lowest BCUT2D eigenvalue weighted by Gasteiger charge is -2.28. The van der Waals surface area contributed by atoms with Gasteiger partial charge >= 0.3 is 0 Å². The number of ether oxygens (including phenoxy) is 1. The summed E-state index contributed by atoms with van der Waals surface area (Å²) < 4.78 is 5.40. The van der Waals surface area contributed by atoms with Crippen LogP contribution in [0.2, 0.25) is 0 Å². The third-order valence-corrected chi connectivity index (χ3v) is 2.91. The summed E-state index contributed by atoms with van der Waals surface area (Å²) in [5.74, 6) is 0.508. The molecule has 0 aliphatic carbocycles. The topological polar surface area (TPSA) is 41.5 Å². The van der Waals surface area contributed by atoms with Gasteiger partial charge in [0, 0.05) is 13.2 Å². The Morgan fingerprint density at radius 1 is 1.25 bits per heavy atom. The van der Waals surface area contributed by atoms with Crippen molar-refractivity contribution in [3.8, 4) is 0 Å². The normalized spacial score (nSPS) is 18.2. The molecule has 16 heavy (non-hydrogen) atoms. The molecule has 0 saturated heterocycles. The Labute approximate surface area is 101 Å². The molecular formula is C13H29NO2. The largest absolute Gasteiger partial charge is 0.393 e. The van der Waals surface area contributed by atoms with Crippen LogP contribution < -0.4 is 5.32 Å². The molecule has 3 unspecified atom stereocenters. The number of hydrogen-bond acceptors (Lipinski definition) is 3. The molecule has 98 valence electrons. The number of hydrogen-bond donors (Lipinski definition) is 2. The lowest BCUT2D eigenvalue weighted by molar-refractivity contribution is 0.00819. The third kappa shape index (κ3) is 8.08. The van der Waals surface area contributed by atoms with Gasteiger partial charge in [-0.15, -0.1) is 0 Å². The van der Waals surface area contributed by atoms with E-state index in [2.05, 4.69) is 33.0 Å². The van der Waals surface area contributed by atoms with Crippen LogP contribution >= 0.6 is 0 Å². The molecule has 0 rings (SSSR count). The van der Waals surface area contributed by atoms with Crippen molar-refractivity contribution in [2.75, 3.05) is 13.7 Å². The van der Waals surface area contributed by atoms with Crippen molar-refractivity contribution >= 4 is 0 Å². The average Bonchev–Trinajstić information content (AvgIpc) is 2.13. The molecule has 0 aliphatic rings. The van der Waals surface area contributed by atoms with Gasteiger partial charge in [-0.3, -0.25) is 0 Å². The maximum Gasteiger partial charge on any atom is 0.0637 e. The molecule has 3 nitrogen and oxygen atoms in total. The lowest BCUT2D eigenvalue weighted by Crippen LogP contribution is -2.37. The molecule has 0 bridgehead atoms. The van der Waals surface area contributed by atoms with Gasteiger partial charge in [0.05, 0.1) is 11.7 Å². The summed E-state index contributed by atoms with van der Waals surface area (Å²) in [5, 5.41) is 12.8. The Morgan fingerprint density at radius 2 is 1.81 bits per heavy atom. The van der Waals surface area contributed by atoms with Crippen LogP contribution in [0.3, 0.4) is 0 Å². The minimum Gasteiger partial charge on any atom is -0.393 e. The summed E-state index contributed by atoms with van der Waals surface area (Å²) in [4.78, 5) is 0. The summed E-state index contributed by atoms with van der Waals surface area (Å²) >= 11 is 0. The molecule has 3 heteroatoms. The Kier molecular flexibility index (Phi) is 7.20. The van der Waals surface area contributed by atoms with Crippen molar-refractivity contribution < 1.29 is 9.84 Å². The van der Waals surface area contributed by atoms with Crippen LogP contribution in [-0.2, 0) is 4.74 Å². The fourth-order valence-electron chi connectivity index (χ4n) is 1.96. The highest BCUT2D eigenvalue weighted by molar-refractivity contribution is 4.76. The van der Waals surface area contributed by atoms with E-state index < -0.39 is 0 Å². The fourth-order valence-corrected chi connectivity index (χ4v) is 1.96. The number of rotatable bonds is 8. The number of nitrogens with one attached hydrogen (secondary N) is 1. The van der Waals surface area contributed by atoms with Gasteiger partial charge in [-0.2, -0.15) is 0 Å². The minimum atomic E-state index is -0.206. The van der Waals surface area contributed by atoms with Crippen LogP contribution in [0, 0.1) is 5.92 Å². The third-order valence-electron chi connectivity index (χ3n) is 2.91. The quantitative estimate of drug-likeness (QED) is 0.673. The lowest BCUT2D eigenvalue weighted by atomic mass is 9.98. The first kappa shape index (κ1) is 15.9. The van der Waals surface area contributed by atoms with Gasteiger partial charge in [0.25, 0.3) is 0 Å². The molecule has 0 radical (unpaired) electrons.